The van der Waals surface area contributed by atoms with Crippen molar-refractivity contribution in [2.24, 2.45) is 0 Å². The SMILES string of the molecule is Cc1ccc([C@H]2CCCN2S(=O)(=O)N(C)[C@@H](C)c2ccccn2)o1. The fraction of sp³-hybridized carbons (Fsp3) is 0.471. The molecule has 0 radical (unpaired) electrons. The molecule has 1 aliphatic heterocycles. The highest BCUT2D eigenvalue weighted by atomic mass is 32.2. The summed E-state index contributed by atoms with van der Waals surface area (Å²) in [5.74, 6) is 1.51. The molecule has 1 aliphatic rings. The van der Waals surface area contributed by atoms with E-state index in [9.17, 15) is 8.42 Å². The number of furan rings is 1. The molecule has 0 saturated carbocycles. The fourth-order valence-electron chi connectivity index (χ4n) is 3.11. The van der Waals surface area contributed by atoms with Crippen molar-refractivity contribution in [3.63, 3.8) is 0 Å². The van der Waals surface area contributed by atoms with Gasteiger partial charge in [-0.2, -0.15) is 17.0 Å². The standard InChI is InChI=1S/C17H23N3O3S/c1-13-9-10-17(23-13)16-8-6-12-20(16)24(21,22)19(3)14(2)15-7-4-5-11-18-15/h4-5,7,9-11,14,16H,6,8,12H2,1-3H3/t14-,16+/m0/s1. The normalized spacial score (nSPS) is 20.6. The van der Waals surface area contributed by atoms with Gasteiger partial charge in [0, 0.05) is 19.8 Å². The van der Waals surface area contributed by atoms with Crippen LogP contribution in [0.5, 0.6) is 0 Å². The second-order valence-electron chi connectivity index (χ2n) is 6.17. The van der Waals surface area contributed by atoms with Crippen LogP contribution in [0.25, 0.3) is 0 Å². The quantitative estimate of drug-likeness (QED) is 0.832. The van der Waals surface area contributed by atoms with Gasteiger partial charge in [0.2, 0.25) is 0 Å². The van der Waals surface area contributed by atoms with Gasteiger partial charge in [0.1, 0.15) is 11.5 Å². The van der Waals surface area contributed by atoms with Crippen LogP contribution in [0.1, 0.15) is 49.1 Å². The fourth-order valence-corrected chi connectivity index (χ4v) is 4.84. The van der Waals surface area contributed by atoms with Gasteiger partial charge in [-0.15, -0.1) is 0 Å². The third-order valence-electron chi connectivity index (χ3n) is 4.61. The molecule has 2 aromatic rings. The van der Waals surface area contributed by atoms with Gasteiger partial charge in [-0.05, 0) is 51.0 Å². The molecule has 0 unspecified atom stereocenters. The van der Waals surface area contributed by atoms with Crippen molar-refractivity contribution in [1.29, 1.82) is 0 Å². The van der Waals surface area contributed by atoms with Gasteiger partial charge in [0.05, 0.1) is 17.8 Å². The van der Waals surface area contributed by atoms with Crippen molar-refractivity contribution in [3.05, 3.63) is 53.7 Å². The minimum absolute atomic E-state index is 0.234. The van der Waals surface area contributed by atoms with E-state index in [4.69, 9.17) is 4.42 Å². The van der Waals surface area contributed by atoms with E-state index in [1.165, 1.54) is 4.31 Å². The Morgan fingerprint density at radius 2 is 2.12 bits per heavy atom. The molecule has 1 fully saturated rings. The monoisotopic (exact) mass is 349 g/mol. The molecule has 6 nitrogen and oxygen atoms in total. The molecular weight excluding hydrogens is 326 g/mol. The van der Waals surface area contributed by atoms with Crippen molar-refractivity contribution in [2.45, 2.75) is 38.8 Å². The van der Waals surface area contributed by atoms with Gasteiger partial charge in [-0.1, -0.05) is 6.07 Å². The second kappa shape index (κ2) is 6.66. The van der Waals surface area contributed by atoms with E-state index in [1.807, 2.05) is 44.2 Å². The summed E-state index contributed by atoms with van der Waals surface area (Å²) in [6, 6.07) is 8.70. The zero-order chi connectivity index (χ0) is 17.3. The van der Waals surface area contributed by atoms with Crippen LogP contribution in [0.15, 0.2) is 40.9 Å². The van der Waals surface area contributed by atoms with Gasteiger partial charge >= 0.3 is 0 Å². The predicted octanol–water partition coefficient (Wildman–Crippen LogP) is 3.06. The maximum Gasteiger partial charge on any atom is 0.283 e. The van der Waals surface area contributed by atoms with Crippen LogP contribution in [0.2, 0.25) is 0 Å². The van der Waals surface area contributed by atoms with E-state index >= 15 is 0 Å². The predicted molar refractivity (Wildman–Crippen MR) is 91.5 cm³/mol. The van der Waals surface area contributed by atoms with E-state index in [2.05, 4.69) is 4.98 Å². The van der Waals surface area contributed by atoms with E-state index in [0.717, 1.165) is 24.3 Å². The Balaban J connectivity index is 1.86. The van der Waals surface area contributed by atoms with Gasteiger partial charge in [0.15, 0.2) is 0 Å². The largest absolute Gasteiger partial charge is 0.465 e. The lowest BCUT2D eigenvalue weighted by molar-refractivity contribution is 0.292. The Morgan fingerprint density at radius 1 is 1.33 bits per heavy atom. The van der Waals surface area contributed by atoms with E-state index in [0.29, 0.717) is 12.3 Å². The zero-order valence-electron chi connectivity index (χ0n) is 14.2. The van der Waals surface area contributed by atoms with Crippen LogP contribution in [0.4, 0.5) is 0 Å². The summed E-state index contributed by atoms with van der Waals surface area (Å²) in [6.45, 7) is 4.22. The first-order valence-corrected chi connectivity index (χ1v) is 9.53. The van der Waals surface area contributed by atoms with Gasteiger partial charge in [-0.25, -0.2) is 0 Å². The molecule has 130 valence electrons. The number of aryl methyl sites for hydroxylation is 1. The summed E-state index contributed by atoms with van der Waals surface area (Å²) in [5, 5.41) is 0. The molecule has 0 aliphatic carbocycles. The molecule has 1 saturated heterocycles. The number of hydrogen-bond donors (Lipinski definition) is 0. The third-order valence-corrected chi connectivity index (χ3v) is 6.69. The van der Waals surface area contributed by atoms with Crippen LogP contribution in [0, 0.1) is 6.92 Å². The first-order valence-electron chi connectivity index (χ1n) is 8.13. The number of nitrogens with zero attached hydrogens (tertiary/aromatic N) is 3. The molecule has 0 spiro atoms. The van der Waals surface area contributed by atoms with Crippen LogP contribution < -0.4 is 0 Å². The lowest BCUT2D eigenvalue weighted by atomic mass is 10.2. The maximum absolute atomic E-state index is 13.1. The molecule has 0 bridgehead atoms. The Bertz CT molecular complexity index is 788. The summed E-state index contributed by atoms with van der Waals surface area (Å²) < 4.78 is 34.9. The smallest absolute Gasteiger partial charge is 0.283 e. The first-order chi connectivity index (χ1) is 11.4. The van der Waals surface area contributed by atoms with Crippen LogP contribution in [-0.2, 0) is 10.2 Å². The van der Waals surface area contributed by atoms with Gasteiger partial charge < -0.3 is 4.42 Å². The second-order valence-corrected chi connectivity index (χ2v) is 8.11. The van der Waals surface area contributed by atoms with Gasteiger partial charge in [-0.3, -0.25) is 4.98 Å². The van der Waals surface area contributed by atoms with Crippen molar-refractivity contribution in [3.8, 4) is 0 Å². The third kappa shape index (κ3) is 3.11. The highest BCUT2D eigenvalue weighted by Crippen LogP contribution is 2.37. The van der Waals surface area contributed by atoms with Crippen LogP contribution in [-0.4, -0.2) is 35.6 Å². The molecule has 0 amide bonds. The van der Waals surface area contributed by atoms with Crippen LogP contribution >= 0.6 is 0 Å². The minimum Gasteiger partial charge on any atom is -0.465 e. The summed E-state index contributed by atoms with van der Waals surface area (Å²) in [4.78, 5) is 4.28. The van der Waals surface area contributed by atoms with Crippen LogP contribution in [0.3, 0.4) is 0 Å². The van der Waals surface area contributed by atoms with E-state index in [-0.39, 0.29) is 12.1 Å². The van der Waals surface area contributed by atoms with E-state index < -0.39 is 10.2 Å². The Labute approximate surface area is 143 Å². The molecule has 3 heterocycles. The summed E-state index contributed by atoms with van der Waals surface area (Å²) in [7, 11) is -2.00. The highest BCUT2D eigenvalue weighted by Gasteiger charge is 2.40. The molecule has 3 rings (SSSR count). The first kappa shape index (κ1) is 17.1. The number of hydrogen-bond acceptors (Lipinski definition) is 4. The molecular formula is C17H23N3O3S. The Kier molecular flexibility index (Phi) is 4.76. The summed E-state index contributed by atoms with van der Waals surface area (Å²) in [5.41, 5.74) is 0.730. The molecule has 2 atom stereocenters. The zero-order valence-corrected chi connectivity index (χ0v) is 15.0. The highest BCUT2D eigenvalue weighted by molar-refractivity contribution is 7.86. The minimum atomic E-state index is -3.61. The number of rotatable bonds is 5. The number of aromatic nitrogens is 1. The topological polar surface area (TPSA) is 66.7 Å². The molecule has 7 heteroatoms. The number of pyridine rings is 1. The lowest BCUT2D eigenvalue weighted by Gasteiger charge is -2.31. The summed E-state index contributed by atoms with van der Waals surface area (Å²) >= 11 is 0. The Hall–Kier alpha value is -1.70. The van der Waals surface area contributed by atoms with E-state index in [1.54, 1.807) is 17.5 Å². The van der Waals surface area contributed by atoms with Crippen molar-refractivity contribution in [2.75, 3.05) is 13.6 Å². The lowest BCUT2D eigenvalue weighted by Crippen LogP contribution is -2.42. The average molecular weight is 349 g/mol. The average Bonchev–Trinajstić information content (AvgIpc) is 3.23. The van der Waals surface area contributed by atoms with Crippen molar-refractivity contribution in [1.82, 2.24) is 13.6 Å². The molecule has 0 N–H and O–H groups in total. The molecule has 24 heavy (non-hydrogen) atoms. The maximum atomic E-state index is 13.1. The van der Waals surface area contributed by atoms with Crippen molar-refractivity contribution >= 4 is 10.2 Å². The Morgan fingerprint density at radius 3 is 2.75 bits per heavy atom. The molecule has 2 aromatic heterocycles. The van der Waals surface area contributed by atoms with Gasteiger partial charge in [0.25, 0.3) is 10.2 Å². The molecule has 0 aromatic carbocycles. The van der Waals surface area contributed by atoms with Crippen molar-refractivity contribution < 1.29 is 12.8 Å². The summed E-state index contributed by atoms with van der Waals surface area (Å²) in [6.07, 6.45) is 3.28.